The molecule has 0 aliphatic heterocycles. The molecule has 0 saturated carbocycles. The van der Waals surface area contributed by atoms with Gasteiger partial charge in [-0.25, -0.2) is 4.98 Å². The largest absolute Gasteiger partial charge is 0.336 e. The monoisotopic (exact) mass is 377 g/mol. The third kappa shape index (κ3) is 2.40. The van der Waals surface area contributed by atoms with Gasteiger partial charge in [-0.2, -0.15) is 0 Å². The molecule has 1 aromatic heterocycles. The third-order valence-corrected chi connectivity index (χ3v) is 3.81. The Hall–Kier alpha value is -1.89. The van der Waals surface area contributed by atoms with Crippen LogP contribution in [-0.4, -0.2) is 9.55 Å². The van der Waals surface area contributed by atoms with E-state index < -0.39 is 0 Å². The number of hydrogen-bond donors (Lipinski definition) is 1. The Bertz CT molecular complexity index is 825. The summed E-state index contributed by atoms with van der Waals surface area (Å²) < 4.78 is 2.75. The van der Waals surface area contributed by atoms with Crippen molar-refractivity contribution in [3.05, 3.63) is 62.5 Å². The number of hydrogen-bond acceptors (Lipinski definition) is 3. The SMILES string of the molecule is Cn1c(=O)c(Nc2ccc(I)cc2)nc2ccccc21. The number of rotatable bonds is 2. The van der Waals surface area contributed by atoms with Crippen molar-refractivity contribution in [3.8, 4) is 0 Å². The van der Waals surface area contributed by atoms with Crippen LogP contribution in [0.3, 0.4) is 0 Å². The number of fused-ring (bicyclic) bond motifs is 1. The Labute approximate surface area is 129 Å². The Morgan fingerprint density at radius 2 is 1.80 bits per heavy atom. The van der Waals surface area contributed by atoms with Gasteiger partial charge in [0.25, 0.3) is 5.56 Å². The zero-order chi connectivity index (χ0) is 14.1. The van der Waals surface area contributed by atoms with E-state index in [1.165, 1.54) is 0 Å². The minimum absolute atomic E-state index is 0.137. The summed E-state index contributed by atoms with van der Waals surface area (Å²) in [6.45, 7) is 0. The molecule has 0 unspecified atom stereocenters. The van der Waals surface area contributed by atoms with Gasteiger partial charge >= 0.3 is 0 Å². The van der Waals surface area contributed by atoms with Gasteiger partial charge in [0.1, 0.15) is 0 Å². The molecule has 4 nitrogen and oxygen atoms in total. The van der Waals surface area contributed by atoms with E-state index in [9.17, 15) is 4.79 Å². The van der Waals surface area contributed by atoms with Crippen LogP contribution >= 0.6 is 22.6 Å². The maximum atomic E-state index is 12.3. The van der Waals surface area contributed by atoms with Crippen LogP contribution in [0.4, 0.5) is 11.5 Å². The fourth-order valence-electron chi connectivity index (χ4n) is 2.03. The van der Waals surface area contributed by atoms with Crippen molar-refractivity contribution < 1.29 is 0 Å². The summed E-state index contributed by atoms with van der Waals surface area (Å²) >= 11 is 2.24. The predicted octanol–water partition coefficient (Wildman–Crippen LogP) is 3.28. The number of benzene rings is 2. The number of halogens is 1. The first-order valence-corrected chi connectivity index (χ1v) is 7.21. The summed E-state index contributed by atoms with van der Waals surface area (Å²) in [7, 11) is 1.76. The number of aryl methyl sites for hydroxylation is 1. The first-order valence-electron chi connectivity index (χ1n) is 6.13. The van der Waals surface area contributed by atoms with Gasteiger partial charge in [0.2, 0.25) is 0 Å². The van der Waals surface area contributed by atoms with Crippen molar-refractivity contribution >= 4 is 45.1 Å². The summed E-state index contributed by atoms with van der Waals surface area (Å²) in [5.74, 6) is 0.340. The van der Waals surface area contributed by atoms with Crippen LogP contribution < -0.4 is 10.9 Å². The van der Waals surface area contributed by atoms with Crippen molar-refractivity contribution in [2.45, 2.75) is 0 Å². The average Bonchev–Trinajstić information content (AvgIpc) is 2.47. The number of nitrogens with one attached hydrogen (secondary N) is 1. The van der Waals surface area contributed by atoms with Gasteiger partial charge in [0.05, 0.1) is 11.0 Å². The van der Waals surface area contributed by atoms with E-state index in [2.05, 4.69) is 32.9 Å². The standard InChI is InChI=1S/C15H12IN3O/c1-19-13-5-3-2-4-12(13)18-14(15(19)20)17-11-8-6-10(16)7-9-11/h2-9H,1H3,(H,17,18). The fourth-order valence-corrected chi connectivity index (χ4v) is 2.39. The highest BCUT2D eigenvalue weighted by Crippen LogP contribution is 2.16. The maximum absolute atomic E-state index is 12.3. The Kier molecular flexibility index (Phi) is 3.43. The lowest BCUT2D eigenvalue weighted by Crippen LogP contribution is -2.21. The molecule has 0 fully saturated rings. The highest BCUT2D eigenvalue weighted by molar-refractivity contribution is 14.1. The number of aromatic nitrogens is 2. The zero-order valence-electron chi connectivity index (χ0n) is 10.8. The van der Waals surface area contributed by atoms with Crippen molar-refractivity contribution in [1.82, 2.24) is 9.55 Å². The minimum atomic E-state index is -0.137. The third-order valence-electron chi connectivity index (χ3n) is 3.09. The lowest BCUT2D eigenvalue weighted by Gasteiger charge is -2.09. The van der Waals surface area contributed by atoms with Crippen molar-refractivity contribution in [1.29, 1.82) is 0 Å². The molecule has 3 aromatic rings. The summed E-state index contributed by atoms with van der Waals surface area (Å²) in [6.07, 6.45) is 0. The molecule has 0 aliphatic rings. The Balaban J connectivity index is 2.10. The highest BCUT2D eigenvalue weighted by atomic mass is 127. The molecular weight excluding hydrogens is 365 g/mol. The normalized spacial score (nSPS) is 10.7. The van der Waals surface area contributed by atoms with Gasteiger partial charge in [0.15, 0.2) is 5.82 Å². The molecule has 1 N–H and O–H groups in total. The van der Waals surface area contributed by atoms with E-state index in [0.29, 0.717) is 5.82 Å². The van der Waals surface area contributed by atoms with Gasteiger partial charge in [0, 0.05) is 16.3 Å². The van der Waals surface area contributed by atoms with Gasteiger partial charge in [-0.3, -0.25) is 4.79 Å². The molecule has 0 amide bonds. The summed E-state index contributed by atoms with van der Waals surface area (Å²) in [5, 5.41) is 3.08. The molecule has 100 valence electrons. The summed E-state index contributed by atoms with van der Waals surface area (Å²) in [5.41, 5.74) is 2.33. The first-order chi connectivity index (χ1) is 9.65. The average molecular weight is 377 g/mol. The summed E-state index contributed by atoms with van der Waals surface area (Å²) in [4.78, 5) is 16.7. The van der Waals surface area contributed by atoms with E-state index in [-0.39, 0.29) is 5.56 Å². The van der Waals surface area contributed by atoms with Crippen LogP contribution in [0.25, 0.3) is 11.0 Å². The Morgan fingerprint density at radius 3 is 2.55 bits per heavy atom. The van der Waals surface area contributed by atoms with E-state index in [4.69, 9.17) is 0 Å². The molecule has 1 heterocycles. The molecule has 0 bridgehead atoms. The molecule has 5 heteroatoms. The molecule has 0 aliphatic carbocycles. The number of nitrogens with zero attached hydrogens (tertiary/aromatic N) is 2. The molecular formula is C15H12IN3O. The van der Waals surface area contributed by atoms with E-state index in [1.54, 1.807) is 11.6 Å². The predicted molar refractivity (Wildman–Crippen MR) is 89.4 cm³/mol. The molecule has 0 saturated heterocycles. The van der Waals surface area contributed by atoms with Crippen molar-refractivity contribution in [2.24, 2.45) is 7.05 Å². The van der Waals surface area contributed by atoms with Crippen LogP contribution in [-0.2, 0) is 7.05 Å². The van der Waals surface area contributed by atoms with E-state index in [1.807, 2.05) is 48.5 Å². The topological polar surface area (TPSA) is 46.9 Å². The van der Waals surface area contributed by atoms with Crippen LogP contribution in [0.2, 0.25) is 0 Å². The molecule has 0 atom stereocenters. The molecule has 3 rings (SSSR count). The second-order valence-corrected chi connectivity index (χ2v) is 5.69. The minimum Gasteiger partial charge on any atom is -0.336 e. The van der Waals surface area contributed by atoms with Crippen LogP contribution in [0.5, 0.6) is 0 Å². The molecule has 2 aromatic carbocycles. The van der Waals surface area contributed by atoms with E-state index in [0.717, 1.165) is 20.3 Å². The molecule has 0 radical (unpaired) electrons. The molecule has 20 heavy (non-hydrogen) atoms. The van der Waals surface area contributed by atoms with Crippen molar-refractivity contribution in [2.75, 3.05) is 5.32 Å². The van der Waals surface area contributed by atoms with Crippen LogP contribution in [0.15, 0.2) is 53.3 Å². The van der Waals surface area contributed by atoms with Crippen LogP contribution in [0.1, 0.15) is 0 Å². The van der Waals surface area contributed by atoms with E-state index >= 15 is 0 Å². The fraction of sp³-hybridized carbons (Fsp3) is 0.0667. The zero-order valence-corrected chi connectivity index (χ0v) is 13.0. The van der Waals surface area contributed by atoms with Gasteiger partial charge < -0.3 is 9.88 Å². The van der Waals surface area contributed by atoms with Crippen molar-refractivity contribution in [3.63, 3.8) is 0 Å². The highest BCUT2D eigenvalue weighted by Gasteiger charge is 2.08. The molecule has 0 spiro atoms. The quantitative estimate of drug-likeness (QED) is 0.698. The van der Waals surface area contributed by atoms with Gasteiger partial charge in [-0.15, -0.1) is 0 Å². The lowest BCUT2D eigenvalue weighted by atomic mass is 10.3. The number of para-hydroxylation sites is 2. The lowest BCUT2D eigenvalue weighted by molar-refractivity contribution is 0.895. The summed E-state index contributed by atoms with van der Waals surface area (Å²) in [6, 6.07) is 15.4. The maximum Gasteiger partial charge on any atom is 0.293 e. The second kappa shape index (κ2) is 5.24. The van der Waals surface area contributed by atoms with Crippen LogP contribution in [0, 0.1) is 3.57 Å². The second-order valence-electron chi connectivity index (χ2n) is 4.45. The first kappa shape index (κ1) is 13.1. The van der Waals surface area contributed by atoms with Gasteiger partial charge in [-0.05, 0) is 59.0 Å². The van der Waals surface area contributed by atoms with Gasteiger partial charge in [-0.1, -0.05) is 12.1 Å². The smallest absolute Gasteiger partial charge is 0.293 e. The Morgan fingerprint density at radius 1 is 1.10 bits per heavy atom. The number of anilines is 2.